The van der Waals surface area contributed by atoms with Crippen LogP contribution in [-0.4, -0.2) is 47.3 Å². The molecule has 1 aromatic rings. The van der Waals surface area contributed by atoms with Gasteiger partial charge in [-0.25, -0.2) is 0 Å². The topological polar surface area (TPSA) is 94.2 Å². The summed E-state index contributed by atoms with van der Waals surface area (Å²) in [5.74, 6) is -9.33. The third kappa shape index (κ3) is 3.24. The fourth-order valence-corrected chi connectivity index (χ4v) is 2.09. The van der Waals surface area contributed by atoms with Crippen molar-refractivity contribution in [2.45, 2.75) is 18.5 Å². The third-order valence-corrected chi connectivity index (χ3v) is 3.28. The largest absolute Gasteiger partial charge is 0.469 e. The Morgan fingerprint density at radius 2 is 1.91 bits per heavy atom. The van der Waals surface area contributed by atoms with Gasteiger partial charge < -0.3 is 15.4 Å². The highest BCUT2D eigenvalue weighted by Crippen LogP contribution is 2.42. The van der Waals surface area contributed by atoms with Gasteiger partial charge >= 0.3 is 18.1 Å². The van der Waals surface area contributed by atoms with Crippen LogP contribution in [0, 0.1) is 5.92 Å². The molecule has 23 heavy (non-hydrogen) atoms. The molecule has 2 heterocycles. The SMILES string of the molecule is COC(=O)[C@@H]1CCN(c2nc(N)nc(C(F)(F)C(F)(F)F)n2)C1. The summed E-state index contributed by atoms with van der Waals surface area (Å²) in [5, 5.41) is 0. The average Bonchev–Trinajstić information content (AvgIpc) is 2.94. The number of anilines is 2. The van der Waals surface area contributed by atoms with Gasteiger partial charge in [0, 0.05) is 13.1 Å². The fraction of sp³-hybridized carbons (Fsp3) is 0.636. The first kappa shape index (κ1) is 17.1. The lowest BCUT2D eigenvalue weighted by Crippen LogP contribution is -2.36. The van der Waals surface area contributed by atoms with Crippen molar-refractivity contribution in [3.8, 4) is 0 Å². The molecule has 128 valence electrons. The van der Waals surface area contributed by atoms with E-state index in [4.69, 9.17) is 5.73 Å². The summed E-state index contributed by atoms with van der Waals surface area (Å²) in [6.07, 6.45) is -5.54. The van der Waals surface area contributed by atoms with Gasteiger partial charge in [-0.3, -0.25) is 4.79 Å². The quantitative estimate of drug-likeness (QED) is 0.650. The molecule has 0 amide bonds. The fourth-order valence-electron chi connectivity index (χ4n) is 2.09. The molecule has 2 N–H and O–H groups in total. The smallest absolute Gasteiger partial charge is 0.461 e. The zero-order chi connectivity index (χ0) is 17.4. The normalized spacial score (nSPS) is 19.0. The summed E-state index contributed by atoms with van der Waals surface area (Å²) in [5.41, 5.74) is 5.21. The number of ether oxygens (including phenoxy) is 1. The number of nitrogens with zero attached hydrogens (tertiary/aromatic N) is 4. The number of hydrogen-bond acceptors (Lipinski definition) is 7. The Morgan fingerprint density at radius 1 is 1.26 bits per heavy atom. The van der Waals surface area contributed by atoms with E-state index < -0.39 is 41.7 Å². The minimum absolute atomic E-state index is 0.0210. The Hall–Kier alpha value is -2.27. The van der Waals surface area contributed by atoms with Crippen LogP contribution < -0.4 is 10.6 Å². The second kappa shape index (κ2) is 5.74. The van der Waals surface area contributed by atoms with Gasteiger partial charge in [-0.05, 0) is 6.42 Å². The summed E-state index contributed by atoms with van der Waals surface area (Å²) in [4.78, 5) is 22.3. The predicted octanol–water partition coefficient (Wildman–Crippen LogP) is 1.11. The highest BCUT2D eigenvalue weighted by molar-refractivity contribution is 5.73. The van der Waals surface area contributed by atoms with Crippen molar-refractivity contribution in [1.82, 2.24) is 15.0 Å². The molecule has 1 aromatic heterocycles. The van der Waals surface area contributed by atoms with Gasteiger partial charge in [0.25, 0.3) is 0 Å². The van der Waals surface area contributed by atoms with Crippen molar-refractivity contribution in [1.29, 1.82) is 0 Å². The van der Waals surface area contributed by atoms with Crippen LogP contribution in [-0.2, 0) is 15.5 Å². The van der Waals surface area contributed by atoms with Crippen LogP contribution in [0.25, 0.3) is 0 Å². The van der Waals surface area contributed by atoms with E-state index in [-0.39, 0.29) is 13.1 Å². The molecule has 0 unspecified atom stereocenters. The summed E-state index contributed by atoms with van der Waals surface area (Å²) in [6, 6.07) is 0. The maximum Gasteiger partial charge on any atom is 0.461 e. The molecule has 1 saturated heterocycles. The first-order valence-electron chi connectivity index (χ1n) is 6.35. The number of methoxy groups -OCH3 is 1. The molecular formula is C11H12F5N5O2. The third-order valence-electron chi connectivity index (χ3n) is 3.28. The van der Waals surface area contributed by atoms with Gasteiger partial charge in [-0.15, -0.1) is 0 Å². The zero-order valence-corrected chi connectivity index (χ0v) is 11.8. The van der Waals surface area contributed by atoms with Crippen molar-refractivity contribution in [2.24, 2.45) is 5.92 Å². The Morgan fingerprint density at radius 3 is 2.48 bits per heavy atom. The Bertz CT molecular complexity index is 609. The van der Waals surface area contributed by atoms with Crippen molar-refractivity contribution < 1.29 is 31.5 Å². The van der Waals surface area contributed by atoms with Crippen molar-refractivity contribution in [2.75, 3.05) is 30.8 Å². The number of carbonyl (C=O) groups is 1. The van der Waals surface area contributed by atoms with E-state index in [1.165, 1.54) is 12.0 Å². The molecule has 2 rings (SSSR count). The molecule has 12 heteroatoms. The van der Waals surface area contributed by atoms with Crippen molar-refractivity contribution in [3.63, 3.8) is 0 Å². The van der Waals surface area contributed by atoms with Gasteiger partial charge in [-0.2, -0.15) is 36.9 Å². The number of aromatic nitrogens is 3. The van der Waals surface area contributed by atoms with Crippen LogP contribution in [0.4, 0.5) is 33.8 Å². The molecule has 1 aliphatic rings. The number of alkyl halides is 5. The lowest BCUT2D eigenvalue weighted by molar-refractivity contribution is -0.292. The molecule has 0 saturated carbocycles. The van der Waals surface area contributed by atoms with E-state index in [0.29, 0.717) is 6.42 Å². The van der Waals surface area contributed by atoms with Gasteiger partial charge in [0.15, 0.2) is 0 Å². The second-order valence-corrected chi connectivity index (χ2v) is 4.84. The van der Waals surface area contributed by atoms with Crippen LogP contribution in [0.2, 0.25) is 0 Å². The molecule has 0 aliphatic carbocycles. The first-order chi connectivity index (χ1) is 10.6. The molecule has 1 atom stereocenters. The first-order valence-corrected chi connectivity index (χ1v) is 6.35. The molecule has 0 aromatic carbocycles. The minimum atomic E-state index is -5.86. The molecule has 0 radical (unpaired) electrons. The summed E-state index contributed by atoms with van der Waals surface area (Å²) < 4.78 is 68.5. The van der Waals surface area contributed by atoms with Gasteiger partial charge in [0.2, 0.25) is 17.7 Å². The molecule has 0 spiro atoms. The van der Waals surface area contributed by atoms with Gasteiger partial charge in [0.05, 0.1) is 13.0 Å². The molecular weight excluding hydrogens is 329 g/mol. The highest BCUT2D eigenvalue weighted by Gasteiger charge is 2.61. The van der Waals surface area contributed by atoms with E-state index >= 15 is 0 Å². The maximum absolute atomic E-state index is 13.3. The number of nitrogen functional groups attached to an aromatic ring is 1. The number of halogens is 5. The number of hydrogen-bond donors (Lipinski definition) is 1. The predicted molar refractivity (Wildman–Crippen MR) is 66.5 cm³/mol. The molecule has 1 fully saturated rings. The van der Waals surface area contributed by atoms with Gasteiger partial charge in [-0.1, -0.05) is 0 Å². The van der Waals surface area contributed by atoms with Crippen LogP contribution in [0.1, 0.15) is 12.2 Å². The minimum Gasteiger partial charge on any atom is -0.469 e. The van der Waals surface area contributed by atoms with E-state index in [9.17, 15) is 26.7 Å². The monoisotopic (exact) mass is 341 g/mol. The van der Waals surface area contributed by atoms with Crippen LogP contribution in [0.3, 0.4) is 0 Å². The lowest BCUT2D eigenvalue weighted by Gasteiger charge is -2.21. The van der Waals surface area contributed by atoms with Crippen molar-refractivity contribution in [3.05, 3.63) is 5.82 Å². The average molecular weight is 341 g/mol. The Kier molecular flexibility index (Phi) is 4.26. The lowest BCUT2D eigenvalue weighted by atomic mass is 10.1. The van der Waals surface area contributed by atoms with Crippen LogP contribution in [0.15, 0.2) is 0 Å². The summed E-state index contributed by atoms with van der Waals surface area (Å²) in [7, 11) is 1.19. The number of nitrogens with two attached hydrogens (primary N) is 1. The van der Waals surface area contributed by atoms with E-state index in [2.05, 4.69) is 19.7 Å². The molecule has 7 nitrogen and oxygen atoms in total. The highest BCUT2D eigenvalue weighted by atomic mass is 19.4. The number of carbonyl (C=O) groups excluding carboxylic acids is 1. The Labute approximate surface area is 126 Å². The number of esters is 1. The number of rotatable bonds is 3. The molecule has 0 bridgehead atoms. The Balaban J connectivity index is 2.31. The van der Waals surface area contributed by atoms with E-state index in [1.54, 1.807) is 0 Å². The van der Waals surface area contributed by atoms with Gasteiger partial charge in [0.1, 0.15) is 0 Å². The van der Waals surface area contributed by atoms with Crippen LogP contribution >= 0.6 is 0 Å². The van der Waals surface area contributed by atoms with Crippen LogP contribution in [0.5, 0.6) is 0 Å². The van der Waals surface area contributed by atoms with Crippen molar-refractivity contribution >= 4 is 17.9 Å². The second-order valence-electron chi connectivity index (χ2n) is 4.84. The summed E-state index contributed by atoms with van der Waals surface area (Å²) >= 11 is 0. The maximum atomic E-state index is 13.3. The standard InChI is InChI=1S/C11H12F5N5O2/c1-23-6(22)5-2-3-21(4-5)9-19-7(18-8(17)20-9)10(12,13)11(14,15)16/h5H,2-4H2,1H3,(H2,17,18,19,20)/t5-/m1/s1. The summed E-state index contributed by atoms with van der Waals surface area (Å²) in [6.45, 7) is 0.202. The van der Waals surface area contributed by atoms with E-state index in [0.717, 1.165) is 0 Å². The molecule has 1 aliphatic heterocycles. The zero-order valence-electron chi connectivity index (χ0n) is 11.8. The van der Waals surface area contributed by atoms with E-state index in [1.807, 2.05) is 0 Å².